The van der Waals surface area contributed by atoms with Crippen LogP contribution in [0.2, 0.25) is 0 Å². The molecule has 0 fully saturated rings. The maximum Gasteiger partial charge on any atom is 0.223 e. The molecule has 0 radical (unpaired) electrons. The Balaban J connectivity index is 1.35. The second kappa shape index (κ2) is 8.90. The molecular formula is C23H27N5O5S2. The predicted octanol–water partition coefficient (Wildman–Crippen LogP) is 1.79. The minimum absolute atomic E-state index is 0.0393. The van der Waals surface area contributed by atoms with Crippen LogP contribution in [-0.2, 0) is 48.8 Å². The summed E-state index contributed by atoms with van der Waals surface area (Å²) in [6, 6.07) is 5.52. The number of benzene rings is 1. The molecule has 35 heavy (non-hydrogen) atoms. The van der Waals surface area contributed by atoms with Crippen LogP contribution in [0.5, 0.6) is 0 Å². The number of aryl methyl sites for hydroxylation is 1. The van der Waals surface area contributed by atoms with E-state index in [1.165, 1.54) is 12.6 Å². The molecule has 0 saturated heterocycles. The highest BCUT2D eigenvalue weighted by Gasteiger charge is 2.29. The van der Waals surface area contributed by atoms with E-state index in [4.69, 9.17) is 0 Å². The van der Waals surface area contributed by atoms with Gasteiger partial charge in [-0.1, -0.05) is 6.07 Å². The maximum absolute atomic E-state index is 12.8. The van der Waals surface area contributed by atoms with E-state index in [9.17, 15) is 21.6 Å². The molecular weight excluding hydrogens is 490 g/mol. The van der Waals surface area contributed by atoms with Gasteiger partial charge in [0, 0.05) is 30.1 Å². The number of fused-ring (bicyclic) bond motifs is 4. The summed E-state index contributed by atoms with van der Waals surface area (Å²) in [5, 5.41) is 7.01. The SMILES string of the molecule is CS(=O)(=O)CCCNC(=O)C1CCc2[nH]c3ncnc(Nc4ccc5c(c4)CS(=O)(=O)C5)c3c2C1. The number of anilines is 2. The number of carbonyl (C=O) groups is 1. The van der Waals surface area contributed by atoms with Gasteiger partial charge in [0.25, 0.3) is 0 Å². The molecule has 1 amide bonds. The number of aromatic amines is 1. The second-order valence-corrected chi connectivity index (χ2v) is 13.7. The third-order valence-electron chi connectivity index (χ3n) is 6.56. The number of aromatic nitrogens is 3. The highest BCUT2D eigenvalue weighted by atomic mass is 32.2. The van der Waals surface area contributed by atoms with Gasteiger partial charge in [0.05, 0.1) is 22.6 Å². The lowest BCUT2D eigenvalue weighted by molar-refractivity contribution is -0.125. The van der Waals surface area contributed by atoms with Crippen LogP contribution in [0.3, 0.4) is 0 Å². The van der Waals surface area contributed by atoms with Crippen LogP contribution in [0.4, 0.5) is 11.5 Å². The van der Waals surface area contributed by atoms with Crippen molar-refractivity contribution in [2.45, 2.75) is 37.2 Å². The van der Waals surface area contributed by atoms with Gasteiger partial charge in [-0.2, -0.15) is 0 Å². The molecule has 1 aromatic carbocycles. The van der Waals surface area contributed by atoms with E-state index in [0.29, 0.717) is 43.7 Å². The molecule has 12 heteroatoms. The number of nitrogens with zero attached hydrogens (tertiary/aromatic N) is 2. The van der Waals surface area contributed by atoms with E-state index in [0.717, 1.165) is 33.5 Å². The van der Waals surface area contributed by atoms with Gasteiger partial charge >= 0.3 is 0 Å². The monoisotopic (exact) mass is 517 g/mol. The summed E-state index contributed by atoms with van der Waals surface area (Å²) in [6.07, 6.45) is 4.96. The molecule has 1 unspecified atom stereocenters. The Morgan fingerprint density at radius 2 is 2.00 bits per heavy atom. The summed E-state index contributed by atoms with van der Waals surface area (Å²) in [7, 11) is -6.14. The maximum atomic E-state index is 12.8. The zero-order valence-corrected chi connectivity index (χ0v) is 20.9. The van der Waals surface area contributed by atoms with Crippen molar-refractivity contribution in [2.24, 2.45) is 5.92 Å². The molecule has 1 aliphatic heterocycles. The van der Waals surface area contributed by atoms with Gasteiger partial charge in [-0.15, -0.1) is 0 Å². The molecule has 0 spiro atoms. The highest BCUT2D eigenvalue weighted by molar-refractivity contribution is 7.90. The van der Waals surface area contributed by atoms with Gasteiger partial charge in [-0.25, -0.2) is 26.8 Å². The predicted molar refractivity (Wildman–Crippen MR) is 133 cm³/mol. The van der Waals surface area contributed by atoms with Gasteiger partial charge in [0.2, 0.25) is 5.91 Å². The number of hydrogen-bond acceptors (Lipinski definition) is 8. The number of nitrogens with one attached hydrogen (secondary N) is 3. The van der Waals surface area contributed by atoms with Crippen molar-refractivity contribution in [3.8, 4) is 0 Å². The zero-order valence-electron chi connectivity index (χ0n) is 19.3. The van der Waals surface area contributed by atoms with Crippen molar-refractivity contribution >= 4 is 48.1 Å². The lowest BCUT2D eigenvalue weighted by Gasteiger charge is -2.22. The van der Waals surface area contributed by atoms with Crippen LogP contribution < -0.4 is 10.6 Å². The number of amides is 1. The summed E-state index contributed by atoms with van der Waals surface area (Å²) in [4.78, 5) is 24.9. The lowest BCUT2D eigenvalue weighted by Crippen LogP contribution is -2.35. The molecule has 3 aromatic rings. The second-order valence-electron chi connectivity index (χ2n) is 9.38. The van der Waals surface area contributed by atoms with E-state index in [-0.39, 0.29) is 29.1 Å². The summed E-state index contributed by atoms with van der Waals surface area (Å²) < 4.78 is 46.5. The largest absolute Gasteiger partial charge is 0.356 e. The van der Waals surface area contributed by atoms with E-state index in [1.807, 2.05) is 18.2 Å². The van der Waals surface area contributed by atoms with Crippen LogP contribution in [0.1, 0.15) is 35.2 Å². The molecule has 0 bridgehead atoms. The number of H-pyrrole nitrogens is 1. The molecule has 3 heterocycles. The average molecular weight is 518 g/mol. The van der Waals surface area contributed by atoms with E-state index >= 15 is 0 Å². The van der Waals surface area contributed by atoms with E-state index in [2.05, 4.69) is 25.6 Å². The Labute approximate surface area is 203 Å². The van der Waals surface area contributed by atoms with Crippen LogP contribution >= 0.6 is 0 Å². The summed E-state index contributed by atoms with van der Waals surface area (Å²) in [5.41, 5.74) is 5.08. The molecule has 10 nitrogen and oxygen atoms in total. The summed E-state index contributed by atoms with van der Waals surface area (Å²) in [5.74, 6) is 0.456. The van der Waals surface area contributed by atoms with Crippen molar-refractivity contribution in [3.05, 3.63) is 46.9 Å². The van der Waals surface area contributed by atoms with Crippen LogP contribution in [-0.4, -0.2) is 56.2 Å². The molecule has 186 valence electrons. The molecule has 5 rings (SSSR count). The Morgan fingerprint density at radius 1 is 1.20 bits per heavy atom. The minimum Gasteiger partial charge on any atom is -0.356 e. The zero-order chi connectivity index (χ0) is 24.8. The Morgan fingerprint density at radius 3 is 2.80 bits per heavy atom. The normalized spacial score (nSPS) is 18.7. The number of sulfone groups is 2. The summed E-state index contributed by atoms with van der Waals surface area (Å²) >= 11 is 0. The van der Waals surface area contributed by atoms with Gasteiger partial charge in [0.15, 0.2) is 9.84 Å². The topological polar surface area (TPSA) is 151 Å². The molecule has 2 aromatic heterocycles. The third kappa shape index (κ3) is 5.18. The number of hydrogen-bond donors (Lipinski definition) is 3. The minimum atomic E-state index is -3.09. The van der Waals surface area contributed by atoms with Gasteiger partial charge < -0.3 is 15.6 Å². The Bertz CT molecular complexity index is 1530. The average Bonchev–Trinajstić information content (AvgIpc) is 3.31. The van der Waals surface area contributed by atoms with E-state index < -0.39 is 19.7 Å². The summed E-state index contributed by atoms with van der Waals surface area (Å²) in [6.45, 7) is 0.326. The van der Waals surface area contributed by atoms with Crippen molar-refractivity contribution in [1.82, 2.24) is 20.3 Å². The molecule has 0 saturated carbocycles. The third-order valence-corrected chi connectivity index (χ3v) is 9.09. The fourth-order valence-corrected chi connectivity index (χ4v) is 7.16. The smallest absolute Gasteiger partial charge is 0.223 e. The van der Waals surface area contributed by atoms with Crippen molar-refractivity contribution in [2.75, 3.05) is 23.9 Å². The molecule has 2 aliphatic rings. The first-order valence-corrected chi connectivity index (χ1v) is 15.4. The Kier molecular flexibility index (Phi) is 6.04. The first kappa shape index (κ1) is 23.7. The van der Waals surface area contributed by atoms with Crippen LogP contribution in [0.25, 0.3) is 11.0 Å². The Hall–Kier alpha value is -2.99. The quantitative estimate of drug-likeness (QED) is 0.401. The number of carbonyl (C=O) groups excluding carboxylic acids is 1. The van der Waals surface area contributed by atoms with Crippen LogP contribution in [0, 0.1) is 5.92 Å². The number of rotatable bonds is 7. The van der Waals surface area contributed by atoms with Crippen LogP contribution in [0.15, 0.2) is 24.5 Å². The first-order valence-electron chi connectivity index (χ1n) is 11.5. The molecule has 3 N–H and O–H groups in total. The molecule has 1 atom stereocenters. The lowest BCUT2D eigenvalue weighted by atomic mass is 9.86. The van der Waals surface area contributed by atoms with Crippen molar-refractivity contribution in [3.63, 3.8) is 0 Å². The van der Waals surface area contributed by atoms with Gasteiger partial charge in [-0.05, 0) is 54.5 Å². The highest BCUT2D eigenvalue weighted by Crippen LogP contribution is 2.36. The van der Waals surface area contributed by atoms with Crippen molar-refractivity contribution in [1.29, 1.82) is 0 Å². The molecule has 1 aliphatic carbocycles. The van der Waals surface area contributed by atoms with Gasteiger partial charge in [0.1, 0.15) is 27.6 Å². The fourth-order valence-electron chi connectivity index (χ4n) is 4.89. The fraction of sp³-hybridized carbons (Fsp3) is 0.435. The van der Waals surface area contributed by atoms with E-state index in [1.54, 1.807) is 0 Å². The standard InChI is InChI=1S/C23H27N5O5S2/c1-34(30,31)8-2-7-24-23(29)14-4-6-19-18(10-14)20-21(25-13-26-22(20)28-19)27-17-5-3-15-11-35(32,33)12-16(15)9-17/h3,5,9,13-14H,2,4,6-8,10-12H2,1H3,(H,24,29)(H2,25,26,27,28). The first-order chi connectivity index (χ1) is 16.6. The van der Waals surface area contributed by atoms with Crippen molar-refractivity contribution < 1.29 is 21.6 Å². The van der Waals surface area contributed by atoms with Gasteiger partial charge in [-0.3, -0.25) is 4.79 Å².